The molecule has 0 fully saturated rings. The van der Waals surface area contributed by atoms with Crippen LogP contribution in [0.4, 0.5) is 4.39 Å². The Labute approximate surface area is 200 Å². The fraction of sp³-hybridized carbons (Fsp3) is 0.240. The van der Waals surface area contributed by atoms with Crippen molar-refractivity contribution in [1.29, 1.82) is 0 Å². The van der Waals surface area contributed by atoms with Gasteiger partial charge in [-0.15, -0.1) is 5.10 Å². The summed E-state index contributed by atoms with van der Waals surface area (Å²) in [5.41, 5.74) is 3.65. The summed E-state index contributed by atoms with van der Waals surface area (Å²) in [4.78, 5) is 4.48. The highest BCUT2D eigenvalue weighted by atomic mass is 79.9. The molecule has 2 aromatic carbocycles. The van der Waals surface area contributed by atoms with Crippen LogP contribution in [0, 0.1) is 12.7 Å². The molecule has 8 heteroatoms. The van der Waals surface area contributed by atoms with Crippen molar-refractivity contribution >= 4 is 28.1 Å². The topological polar surface area (TPSA) is 66.0 Å². The molecule has 0 radical (unpaired) electrons. The number of ether oxygens (including phenoxy) is 1. The number of hydrogen-bond acceptors (Lipinski definition) is 5. The maximum atomic E-state index is 13.9. The summed E-state index contributed by atoms with van der Waals surface area (Å²) in [6.45, 7) is 3.46. The molecule has 0 saturated heterocycles. The number of hydrogen-bond donors (Lipinski definition) is 0. The molecule has 0 aliphatic heterocycles. The van der Waals surface area contributed by atoms with Crippen molar-refractivity contribution in [3.63, 3.8) is 0 Å². The first-order valence-corrected chi connectivity index (χ1v) is 11.5. The minimum atomic E-state index is -0.301. The van der Waals surface area contributed by atoms with E-state index in [2.05, 4.69) is 50.3 Å². The van der Waals surface area contributed by atoms with E-state index < -0.39 is 0 Å². The van der Waals surface area contributed by atoms with Gasteiger partial charge in [0.25, 0.3) is 0 Å². The summed E-state index contributed by atoms with van der Waals surface area (Å²) in [6.07, 6.45) is 11.0. The number of benzene rings is 2. The van der Waals surface area contributed by atoms with Gasteiger partial charge in [0.05, 0.1) is 18.5 Å². The number of nitrogens with zero attached hydrogens (tertiary/aromatic N) is 4. The summed E-state index contributed by atoms with van der Waals surface area (Å²) in [7, 11) is 0. The maximum Gasteiger partial charge on any atom is 0.218 e. The van der Waals surface area contributed by atoms with Gasteiger partial charge < -0.3 is 9.15 Å². The van der Waals surface area contributed by atoms with Crippen molar-refractivity contribution in [2.45, 2.75) is 32.7 Å². The highest BCUT2D eigenvalue weighted by Crippen LogP contribution is 2.21. The van der Waals surface area contributed by atoms with Gasteiger partial charge in [-0.05, 0) is 55.2 Å². The van der Waals surface area contributed by atoms with E-state index in [1.807, 2.05) is 12.3 Å². The predicted octanol–water partition coefficient (Wildman–Crippen LogP) is 5.90. The number of aryl methyl sites for hydroxylation is 4. The van der Waals surface area contributed by atoms with E-state index >= 15 is 0 Å². The van der Waals surface area contributed by atoms with Crippen LogP contribution >= 0.6 is 15.9 Å². The first kappa shape index (κ1) is 22.9. The summed E-state index contributed by atoms with van der Waals surface area (Å²) in [6, 6.07) is 11.2. The predicted molar refractivity (Wildman–Crippen MR) is 128 cm³/mol. The fourth-order valence-electron chi connectivity index (χ4n) is 3.37. The lowest BCUT2D eigenvalue weighted by Crippen LogP contribution is -2.06. The lowest BCUT2D eigenvalue weighted by molar-refractivity contribution is 0.296. The Balaban J connectivity index is 1.26. The molecule has 33 heavy (non-hydrogen) atoms. The van der Waals surface area contributed by atoms with Gasteiger partial charge in [0.2, 0.25) is 5.89 Å². The second-order valence-electron chi connectivity index (χ2n) is 7.64. The Morgan fingerprint density at radius 2 is 2.06 bits per heavy atom. The fourth-order valence-corrected chi connectivity index (χ4v) is 3.71. The minimum Gasteiger partial charge on any atom is -0.493 e. The monoisotopic (exact) mass is 510 g/mol. The van der Waals surface area contributed by atoms with Gasteiger partial charge in [0.1, 0.15) is 17.8 Å². The highest BCUT2D eigenvalue weighted by Gasteiger charge is 2.06. The van der Waals surface area contributed by atoms with Gasteiger partial charge in [0.15, 0.2) is 0 Å². The molecule has 0 aliphatic carbocycles. The van der Waals surface area contributed by atoms with Gasteiger partial charge in [-0.1, -0.05) is 39.3 Å². The second-order valence-corrected chi connectivity index (χ2v) is 8.56. The smallest absolute Gasteiger partial charge is 0.218 e. The average Bonchev–Trinajstić information content (AvgIpc) is 3.48. The lowest BCUT2D eigenvalue weighted by Gasteiger charge is -2.10. The lowest BCUT2D eigenvalue weighted by atomic mass is 10.1. The normalized spacial score (nSPS) is 11.4. The van der Waals surface area contributed by atoms with Crippen LogP contribution in [0.25, 0.3) is 12.2 Å². The Morgan fingerprint density at radius 3 is 2.85 bits per heavy atom. The number of aromatic nitrogens is 4. The van der Waals surface area contributed by atoms with Gasteiger partial charge >= 0.3 is 0 Å². The van der Waals surface area contributed by atoms with Crippen LogP contribution in [0.15, 0.2) is 63.9 Å². The average molecular weight is 511 g/mol. The molecule has 2 aromatic heterocycles. The highest BCUT2D eigenvalue weighted by molar-refractivity contribution is 9.10. The van der Waals surface area contributed by atoms with Crippen molar-refractivity contribution in [3.05, 3.63) is 93.6 Å². The molecule has 0 amide bonds. The molecule has 0 aliphatic rings. The molecular formula is C25H24BrFN4O2. The van der Waals surface area contributed by atoms with Crippen LogP contribution in [0.3, 0.4) is 0 Å². The summed E-state index contributed by atoms with van der Waals surface area (Å²) >= 11 is 3.25. The van der Waals surface area contributed by atoms with Crippen molar-refractivity contribution in [2.24, 2.45) is 0 Å². The van der Waals surface area contributed by atoms with Crippen LogP contribution in [0.2, 0.25) is 0 Å². The number of rotatable bonds is 10. The zero-order valence-corrected chi connectivity index (χ0v) is 19.8. The quantitative estimate of drug-likeness (QED) is 0.248. The van der Waals surface area contributed by atoms with Crippen LogP contribution < -0.4 is 4.74 Å². The van der Waals surface area contributed by atoms with Crippen LogP contribution in [0.1, 0.15) is 34.7 Å². The van der Waals surface area contributed by atoms with Crippen LogP contribution in [-0.4, -0.2) is 26.6 Å². The number of halogens is 2. The molecule has 0 spiro atoms. The van der Waals surface area contributed by atoms with E-state index in [-0.39, 0.29) is 5.82 Å². The van der Waals surface area contributed by atoms with Gasteiger partial charge in [-0.25, -0.2) is 9.37 Å². The number of oxazole rings is 1. The molecule has 0 unspecified atom stereocenters. The molecule has 0 bridgehead atoms. The van der Waals surface area contributed by atoms with Gasteiger partial charge in [-0.3, -0.25) is 4.68 Å². The van der Waals surface area contributed by atoms with Crippen LogP contribution in [0.5, 0.6) is 5.75 Å². The van der Waals surface area contributed by atoms with Crippen molar-refractivity contribution < 1.29 is 13.5 Å². The van der Waals surface area contributed by atoms with E-state index in [1.54, 1.807) is 41.4 Å². The minimum absolute atomic E-state index is 0.301. The third kappa shape index (κ3) is 6.61. The first-order chi connectivity index (χ1) is 16.1. The maximum absolute atomic E-state index is 13.9. The van der Waals surface area contributed by atoms with E-state index in [0.29, 0.717) is 22.5 Å². The van der Waals surface area contributed by atoms with E-state index in [0.717, 1.165) is 42.8 Å². The molecule has 6 nitrogen and oxygen atoms in total. The molecule has 4 rings (SSSR count). The molecule has 0 N–H and O–H groups in total. The zero-order chi connectivity index (χ0) is 23.0. The second kappa shape index (κ2) is 11.0. The first-order valence-electron chi connectivity index (χ1n) is 10.7. The largest absolute Gasteiger partial charge is 0.493 e. The zero-order valence-electron chi connectivity index (χ0n) is 18.2. The van der Waals surface area contributed by atoms with Crippen LogP contribution in [-0.2, 0) is 19.4 Å². The van der Waals surface area contributed by atoms with E-state index in [1.165, 1.54) is 11.6 Å². The summed E-state index contributed by atoms with van der Waals surface area (Å²) < 4.78 is 27.8. The third-order valence-electron chi connectivity index (χ3n) is 5.11. The molecule has 0 atom stereocenters. The Hall–Kier alpha value is -3.26. The molecular weight excluding hydrogens is 487 g/mol. The standard InChI is InChI=1S/C25H24BrFN4O2/c1-18-15-19(4-9-24(18)32-14-2-12-31-13-11-28-30-31)3-8-22-17-33-25(29-22)10-6-20-5-7-21(26)16-23(20)27/h4-7,9-11,13,15-17H,2-3,8,12,14H2,1H3/b10-6+. The Kier molecular flexibility index (Phi) is 7.67. The SMILES string of the molecule is Cc1cc(CCc2coc(/C=C/c3ccc(Br)cc3F)n2)ccc1OCCCn1ccnn1. The van der Waals surface area contributed by atoms with Crippen molar-refractivity contribution in [1.82, 2.24) is 20.0 Å². The van der Waals surface area contributed by atoms with Crippen molar-refractivity contribution in [2.75, 3.05) is 6.61 Å². The summed E-state index contributed by atoms with van der Waals surface area (Å²) in [5, 5.41) is 7.74. The summed E-state index contributed by atoms with van der Waals surface area (Å²) in [5.74, 6) is 1.05. The molecule has 2 heterocycles. The molecule has 0 saturated carbocycles. The van der Waals surface area contributed by atoms with E-state index in [9.17, 15) is 4.39 Å². The molecule has 170 valence electrons. The van der Waals surface area contributed by atoms with Gasteiger partial charge in [-0.2, -0.15) is 0 Å². The Morgan fingerprint density at radius 1 is 1.15 bits per heavy atom. The van der Waals surface area contributed by atoms with Crippen molar-refractivity contribution in [3.8, 4) is 5.75 Å². The molecule has 4 aromatic rings. The van der Waals surface area contributed by atoms with E-state index in [4.69, 9.17) is 9.15 Å². The third-order valence-corrected chi connectivity index (χ3v) is 5.60. The van der Waals surface area contributed by atoms with Gasteiger partial charge in [0, 0.05) is 35.3 Å². The Bertz CT molecular complexity index is 1220.